The lowest BCUT2D eigenvalue weighted by Gasteiger charge is -2.37. The molecule has 2 N–H and O–H groups in total. The molecule has 110 valence electrons. The SMILES string of the molecule is COc1cccc(F)c1C(=O)N1CC(CN)OCC1C. The van der Waals surface area contributed by atoms with Crippen molar-refractivity contribution in [3.05, 3.63) is 29.6 Å². The Morgan fingerprint density at radius 2 is 2.35 bits per heavy atom. The molecule has 1 aliphatic heterocycles. The summed E-state index contributed by atoms with van der Waals surface area (Å²) in [6.45, 7) is 2.93. The number of benzene rings is 1. The Morgan fingerprint density at radius 3 is 3.00 bits per heavy atom. The summed E-state index contributed by atoms with van der Waals surface area (Å²) in [4.78, 5) is 14.2. The summed E-state index contributed by atoms with van der Waals surface area (Å²) in [6.07, 6.45) is -0.215. The number of nitrogens with two attached hydrogens (primary N) is 1. The molecule has 2 unspecified atom stereocenters. The Hall–Kier alpha value is -1.66. The smallest absolute Gasteiger partial charge is 0.261 e. The molecule has 2 atom stereocenters. The number of amides is 1. The predicted octanol–water partition coefficient (Wildman–Crippen LogP) is 1.02. The fourth-order valence-corrected chi connectivity index (χ4v) is 2.27. The van der Waals surface area contributed by atoms with Crippen LogP contribution < -0.4 is 10.5 Å². The van der Waals surface area contributed by atoms with Crippen molar-refractivity contribution in [2.45, 2.75) is 19.1 Å². The third kappa shape index (κ3) is 2.76. The highest BCUT2D eigenvalue weighted by molar-refractivity contribution is 5.97. The summed E-state index contributed by atoms with van der Waals surface area (Å²) >= 11 is 0. The van der Waals surface area contributed by atoms with E-state index in [0.717, 1.165) is 0 Å². The second-order valence-corrected chi connectivity index (χ2v) is 4.81. The van der Waals surface area contributed by atoms with Gasteiger partial charge in [0.2, 0.25) is 0 Å². The maximum absolute atomic E-state index is 14.0. The van der Waals surface area contributed by atoms with Crippen molar-refractivity contribution in [1.82, 2.24) is 4.90 Å². The van der Waals surface area contributed by atoms with Crippen LogP contribution in [0.2, 0.25) is 0 Å². The summed E-state index contributed by atoms with van der Waals surface area (Å²) < 4.78 is 24.5. The first-order valence-corrected chi connectivity index (χ1v) is 6.53. The lowest BCUT2D eigenvalue weighted by molar-refractivity contribution is -0.0428. The van der Waals surface area contributed by atoms with Crippen LogP contribution in [0.25, 0.3) is 0 Å². The predicted molar refractivity (Wildman–Crippen MR) is 72.2 cm³/mol. The van der Waals surface area contributed by atoms with Crippen LogP contribution in [0.5, 0.6) is 5.75 Å². The first-order valence-electron chi connectivity index (χ1n) is 6.53. The van der Waals surface area contributed by atoms with E-state index in [1.807, 2.05) is 6.92 Å². The van der Waals surface area contributed by atoms with Crippen molar-refractivity contribution >= 4 is 5.91 Å². The topological polar surface area (TPSA) is 64.8 Å². The highest BCUT2D eigenvalue weighted by Crippen LogP contribution is 2.25. The molecule has 1 aliphatic rings. The van der Waals surface area contributed by atoms with E-state index in [1.165, 1.54) is 19.2 Å². The minimum absolute atomic E-state index is 0.0421. The maximum atomic E-state index is 14.0. The summed E-state index contributed by atoms with van der Waals surface area (Å²) in [6, 6.07) is 4.20. The zero-order valence-corrected chi connectivity index (χ0v) is 11.6. The monoisotopic (exact) mass is 282 g/mol. The molecular weight excluding hydrogens is 263 g/mol. The fourth-order valence-electron chi connectivity index (χ4n) is 2.27. The number of nitrogens with zero attached hydrogens (tertiary/aromatic N) is 1. The van der Waals surface area contributed by atoms with Crippen molar-refractivity contribution in [3.63, 3.8) is 0 Å². The van der Waals surface area contributed by atoms with Gasteiger partial charge in [-0.15, -0.1) is 0 Å². The standard InChI is InChI=1S/C14H19FN2O3/c1-9-8-20-10(6-16)7-17(9)14(18)13-11(15)4-3-5-12(13)19-2/h3-5,9-10H,6-8,16H2,1-2H3. The number of rotatable bonds is 3. The van der Waals surface area contributed by atoms with Gasteiger partial charge in [-0.3, -0.25) is 4.79 Å². The van der Waals surface area contributed by atoms with Gasteiger partial charge in [0, 0.05) is 13.1 Å². The molecule has 0 saturated carbocycles. The summed E-state index contributed by atoms with van der Waals surface area (Å²) in [7, 11) is 1.41. The Kier molecular flexibility index (Phi) is 4.57. The van der Waals surface area contributed by atoms with E-state index in [9.17, 15) is 9.18 Å². The molecule has 1 aromatic carbocycles. The summed E-state index contributed by atoms with van der Waals surface area (Å²) in [5.41, 5.74) is 5.53. The van der Waals surface area contributed by atoms with E-state index in [1.54, 1.807) is 11.0 Å². The first-order chi connectivity index (χ1) is 9.58. The summed E-state index contributed by atoms with van der Waals surface area (Å²) in [5, 5.41) is 0. The van der Waals surface area contributed by atoms with Gasteiger partial charge in [-0.25, -0.2) is 4.39 Å². The summed E-state index contributed by atoms with van der Waals surface area (Å²) in [5.74, 6) is -0.746. The van der Waals surface area contributed by atoms with Crippen LogP contribution in [-0.4, -0.2) is 49.8 Å². The van der Waals surface area contributed by atoms with Crippen LogP contribution >= 0.6 is 0 Å². The lowest BCUT2D eigenvalue weighted by atomic mass is 10.1. The van der Waals surface area contributed by atoms with Crippen LogP contribution in [0.4, 0.5) is 4.39 Å². The highest BCUT2D eigenvalue weighted by Gasteiger charge is 2.32. The number of carbonyl (C=O) groups is 1. The molecule has 6 heteroatoms. The number of ether oxygens (including phenoxy) is 2. The van der Waals surface area contributed by atoms with E-state index < -0.39 is 11.7 Å². The van der Waals surface area contributed by atoms with Gasteiger partial charge in [0.05, 0.1) is 25.9 Å². The molecule has 2 rings (SSSR count). The number of methoxy groups -OCH3 is 1. The molecule has 0 radical (unpaired) electrons. The average Bonchev–Trinajstić information content (AvgIpc) is 2.46. The number of halogens is 1. The van der Waals surface area contributed by atoms with E-state index in [2.05, 4.69) is 0 Å². The normalized spacial score (nSPS) is 22.7. The zero-order valence-electron chi connectivity index (χ0n) is 11.6. The third-order valence-electron chi connectivity index (χ3n) is 3.44. The molecule has 1 aromatic rings. The van der Waals surface area contributed by atoms with Crippen LogP contribution in [0.3, 0.4) is 0 Å². The first kappa shape index (κ1) is 14.7. The van der Waals surface area contributed by atoms with Gasteiger partial charge in [0.15, 0.2) is 0 Å². The van der Waals surface area contributed by atoms with Gasteiger partial charge in [-0.1, -0.05) is 6.07 Å². The number of morpholine rings is 1. The molecule has 1 amide bonds. The van der Waals surface area contributed by atoms with Crippen molar-refractivity contribution in [2.75, 3.05) is 26.8 Å². The third-order valence-corrected chi connectivity index (χ3v) is 3.44. The van der Waals surface area contributed by atoms with Gasteiger partial charge >= 0.3 is 0 Å². The zero-order chi connectivity index (χ0) is 14.7. The van der Waals surface area contributed by atoms with Gasteiger partial charge in [-0.2, -0.15) is 0 Å². The second kappa shape index (κ2) is 6.19. The molecule has 0 aromatic heterocycles. The van der Waals surface area contributed by atoms with Crippen LogP contribution in [-0.2, 0) is 4.74 Å². The van der Waals surface area contributed by atoms with Crippen molar-refractivity contribution < 1.29 is 18.7 Å². The van der Waals surface area contributed by atoms with Gasteiger partial charge < -0.3 is 20.1 Å². The Morgan fingerprint density at radius 1 is 1.60 bits per heavy atom. The quantitative estimate of drug-likeness (QED) is 0.899. The molecule has 20 heavy (non-hydrogen) atoms. The van der Waals surface area contributed by atoms with E-state index in [0.29, 0.717) is 19.7 Å². The molecule has 1 heterocycles. The van der Waals surface area contributed by atoms with Crippen molar-refractivity contribution in [1.29, 1.82) is 0 Å². The number of carbonyl (C=O) groups excluding carboxylic acids is 1. The molecule has 0 bridgehead atoms. The van der Waals surface area contributed by atoms with Gasteiger partial charge in [0.25, 0.3) is 5.91 Å². The molecule has 1 saturated heterocycles. The van der Waals surface area contributed by atoms with E-state index in [4.69, 9.17) is 15.2 Å². The largest absolute Gasteiger partial charge is 0.496 e. The molecule has 0 aliphatic carbocycles. The number of hydrogen-bond donors (Lipinski definition) is 1. The highest BCUT2D eigenvalue weighted by atomic mass is 19.1. The Labute approximate surface area is 117 Å². The van der Waals surface area contributed by atoms with Crippen LogP contribution in [0.15, 0.2) is 18.2 Å². The molecular formula is C14H19FN2O3. The molecule has 0 spiro atoms. The van der Waals surface area contributed by atoms with Gasteiger partial charge in [0.1, 0.15) is 17.1 Å². The number of hydrogen-bond acceptors (Lipinski definition) is 4. The maximum Gasteiger partial charge on any atom is 0.261 e. The van der Waals surface area contributed by atoms with Gasteiger partial charge in [-0.05, 0) is 19.1 Å². The molecule has 1 fully saturated rings. The minimum atomic E-state index is -0.586. The minimum Gasteiger partial charge on any atom is -0.496 e. The average molecular weight is 282 g/mol. The van der Waals surface area contributed by atoms with Crippen molar-refractivity contribution in [2.24, 2.45) is 5.73 Å². The Balaban J connectivity index is 2.30. The van der Waals surface area contributed by atoms with Crippen LogP contribution in [0.1, 0.15) is 17.3 Å². The fraction of sp³-hybridized carbons (Fsp3) is 0.500. The molecule has 5 nitrogen and oxygen atoms in total. The van der Waals surface area contributed by atoms with E-state index >= 15 is 0 Å². The van der Waals surface area contributed by atoms with Crippen molar-refractivity contribution in [3.8, 4) is 5.75 Å². The second-order valence-electron chi connectivity index (χ2n) is 4.81. The lowest BCUT2D eigenvalue weighted by Crippen LogP contribution is -2.53. The van der Waals surface area contributed by atoms with E-state index in [-0.39, 0.29) is 23.5 Å². The Bertz CT molecular complexity index is 495. The van der Waals surface area contributed by atoms with Crippen LogP contribution in [0, 0.1) is 5.82 Å².